The van der Waals surface area contributed by atoms with E-state index in [2.05, 4.69) is 33.0 Å². The van der Waals surface area contributed by atoms with Gasteiger partial charge in [0.05, 0.1) is 6.20 Å². The normalized spacial score (nSPS) is 20.8. The number of benzene rings is 1. The van der Waals surface area contributed by atoms with Crippen LogP contribution in [-0.4, -0.2) is 40.4 Å². The molecule has 0 spiro atoms. The first-order chi connectivity index (χ1) is 10.7. The van der Waals surface area contributed by atoms with Crippen LogP contribution in [0.5, 0.6) is 0 Å². The maximum atomic E-state index is 12.3. The molecule has 1 aromatic carbocycles. The van der Waals surface area contributed by atoms with Gasteiger partial charge in [-0.3, -0.25) is 15.2 Å². The van der Waals surface area contributed by atoms with Gasteiger partial charge in [-0.1, -0.05) is 30.3 Å². The molecule has 6 heteroatoms. The molecule has 2 heterocycles. The Morgan fingerprint density at radius 3 is 2.82 bits per heavy atom. The number of nitrogens with zero attached hydrogens (tertiary/aromatic N) is 3. The number of likely N-dealkylation sites (N-methyl/N-ethyl adjacent to an activating group) is 1. The van der Waals surface area contributed by atoms with Gasteiger partial charge in [0.2, 0.25) is 0 Å². The van der Waals surface area contributed by atoms with Crippen molar-refractivity contribution in [3.8, 4) is 0 Å². The highest BCUT2D eigenvalue weighted by molar-refractivity contribution is 5.91. The summed E-state index contributed by atoms with van der Waals surface area (Å²) in [6.07, 6.45) is 5.51. The topological polar surface area (TPSA) is 70.2 Å². The molecule has 22 heavy (non-hydrogen) atoms. The minimum absolute atomic E-state index is 0.113. The maximum Gasteiger partial charge on any atom is 0.273 e. The van der Waals surface area contributed by atoms with Gasteiger partial charge >= 0.3 is 0 Å². The van der Waals surface area contributed by atoms with E-state index in [0.717, 1.165) is 6.42 Å². The van der Waals surface area contributed by atoms with E-state index < -0.39 is 0 Å². The van der Waals surface area contributed by atoms with Crippen LogP contribution in [0.2, 0.25) is 0 Å². The van der Waals surface area contributed by atoms with Crippen LogP contribution in [0.4, 0.5) is 0 Å². The second-order valence-electron chi connectivity index (χ2n) is 5.46. The van der Waals surface area contributed by atoms with E-state index in [1.54, 1.807) is 18.1 Å². The molecule has 2 unspecified atom stereocenters. The molecular formula is C16H19N5O. The minimum atomic E-state index is -0.113. The third-order valence-electron chi connectivity index (χ3n) is 3.81. The molecule has 0 aliphatic carbocycles. The number of hydrazine groups is 1. The number of nitrogens with one attached hydrogen (secondary N) is 2. The van der Waals surface area contributed by atoms with Crippen LogP contribution in [-0.2, 0) is 0 Å². The number of hydrogen-bond acceptors (Lipinski definition) is 5. The molecule has 0 saturated carbocycles. The van der Waals surface area contributed by atoms with Crippen LogP contribution in [0.15, 0.2) is 48.9 Å². The van der Waals surface area contributed by atoms with Crippen LogP contribution in [0.25, 0.3) is 0 Å². The largest absolute Gasteiger partial charge is 0.339 e. The highest BCUT2D eigenvalue weighted by atomic mass is 16.2. The molecule has 2 aromatic rings. The van der Waals surface area contributed by atoms with E-state index in [9.17, 15) is 4.79 Å². The van der Waals surface area contributed by atoms with Crippen LogP contribution < -0.4 is 10.9 Å². The first-order valence-electron chi connectivity index (χ1n) is 7.31. The SMILES string of the molecule is CN(CC1CC(c2ccccc2)NN1)C(=O)c1cnccn1. The van der Waals surface area contributed by atoms with Crippen molar-refractivity contribution in [1.29, 1.82) is 0 Å². The molecule has 1 aliphatic heterocycles. The summed E-state index contributed by atoms with van der Waals surface area (Å²) in [5.74, 6) is -0.113. The molecule has 0 radical (unpaired) electrons. The van der Waals surface area contributed by atoms with Crippen LogP contribution in [0.1, 0.15) is 28.5 Å². The lowest BCUT2D eigenvalue weighted by atomic mass is 10.0. The van der Waals surface area contributed by atoms with Gasteiger partial charge in [-0.2, -0.15) is 0 Å². The van der Waals surface area contributed by atoms with Gasteiger partial charge in [-0.15, -0.1) is 0 Å². The van der Waals surface area contributed by atoms with E-state index in [0.29, 0.717) is 12.2 Å². The van der Waals surface area contributed by atoms with Crippen molar-refractivity contribution in [3.05, 3.63) is 60.2 Å². The molecule has 6 nitrogen and oxygen atoms in total. The number of amides is 1. The van der Waals surface area contributed by atoms with E-state index in [4.69, 9.17) is 0 Å². The van der Waals surface area contributed by atoms with Gasteiger partial charge in [0.1, 0.15) is 5.69 Å². The average molecular weight is 297 g/mol. The Kier molecular flexibility index (Phi) is 4.41. The van der Waals surface area contributed by atoms with Gasteiger partial charge in [0.25, 0.3) is 5.91 Å². The summed E-state index contributed by atoms with van der Waals surface area (Å²) in [6, 6.07) is 10.8. The van der Waals surface area contributed by atoms with Gasteiger partial charge in [-0.05, 0) is 12.0 Å². The number of aromatic nitrogens is 2. The Labute approximate surface area is 129 Å². The smallest absolute Gasteiger partial charge is 0.273 e. The lowest BCUT2D eigenvalue weighted by Gasteiger charge is -2.20. The second kappa shape index (κ2) is 6.64. The van der Waals surface area contributed by atoms with Crippen molar-refractivity contribution in [2.75, 3.05) is 13.6 Å². The van der Waals surface area contributed by atoms with E-state index in [-0.39, 0.29) is 18.0 Å². The van der Waals surface area contributed by atoms with Crippen molar-refractivity contribution in [2.24, 2.45) is 0 Å². The third-order valence-corrected chi connectivity index (χ3v) is 3.81. The maximum absolute atomic E-state index is 12.3. The molecule has 1 aromatic heterocycles. The van der Waals surface area contributed by atoms with Gasteiger partial charge in [-0.25, -0.2) is 10.4 Å². The predicted molar refractivity (Wildman–Crippen MR) is 82.9 cm³/mol. The number of hydrogen-bond donors (Lipinski definition) is 2. The summed E-state index contributed by atoms with van der Waals surface area (Å²) in [7, 11) is 1.79. The van der Waals surface area contributed by atoms with Crippen molar-refractivity contribution in [1.82, 2.24) is 25.7 Å². The lowest BCUT2D eigenvalue weighted by Crippen LogP contribution is -2.41. The third kappa shape index (κ3) is 3.29. The fourth-order valence-electron chi connectivity index (χ4n) is 2.66. The van der Waals surface area contributed by atoms with Crippen molar-refractivity contribution >= 4 is 5.91 Å². The van der Waals surface area contributed by atoms with E-state index >= 15 is 0 Å². The van der Waals surface area contributed by atoms with Gasteiger partial charge < -0.3 is 4.90 Å². The number of rotatable bonds is 4. The minimum Gasteiger partial charge on any atom is -0.339 e. The Bertz CT molecular complexity index is 619. The zero-order valence-corrected chi connectivity index (χ0v) is 12.4. The molecule has 3 rings (SSSR count). The number of carbonyl (C=O) groups is 1. The summed E-state index contributed by atoms with van der Waals surface area (Å²) >= 11 is 0. The highest BCUT2D eigenvalue weighted by Crippen LogP contribution is 2.22. The molecule has 1 saturated heterocycles. The Hall–Kier alpha value is -2.31. The van der Waals surface area contributed by atoms with Crippen LogP contribution in [0, 0.1) is 0 Å². The summed E-state index contributed by atoms with van der Waals surface area (Å²) < 4.78 is 0. The first-order valence-corrected chi connectivity index (χ1v) is 7.31. The number of carbonyl (C=O) groups excluding carboxylic acids is 1. The Balaban J connectivity index is 1.57. The Morgan fingerprint density at radius 1 is 1.27 bits per heavy atom. The monoisotopic (exact) mass is 297 g/mol. The molecule has 1 amide bonds. The summed E-state index contributed by atoms with van der Waals surface area (Å²) in [5.41, 5.74) is 8.17. The average Bonchev–Trinajstić information content (AvgIpc) is 3.04. The quantitative estimate of drug-likeness (QED) is 0.886. The molecule has 114 valence electrons. The summed E-state index contributed by atoms with van der Waals surface area (Å²) in [5, 5.41) is 0. The van der Waals surface area contributed by atoms with Crippen LogP contribution >= 0.6 is 0 Å². The molecule has 2 atom stereocenters. The zero-order valence-electron chi connectivity index (χ0n) is 12.4. The van der Waals surface area contributed by atoms with Crippen molar-refractivity contribution in [3.63, 3.8) is 0 Å². The molecule has 1 aliphatic rings. The van der Waals surface area contributed by atoms with E-state index in [1.165, 1.54) is 18.0 Å². The second-order valence-corrected chi connectivity index (χ2v) is 5.46. The predicted octanol–water partition coefficient (Wildman–Crippen LogP) is 1.16. The lowest BCUT2D eigenvalue weighted by molar-refractivity contribution is 0.0776. The Morgan fingerprint density at radius 2 is 2.09 bits per heavy atom. The van der Waals surface area contributed by atoms with Crippen LogP contribution in [0.3, 0.4) is 0 Å². The van der Waals surface area contributed by atoms with Gasteiger partial charge in [0, 0.05) is 38.1 Å². The summed E-state index contributed by atoms with van der Waals surface area (Å²) in [4.78, 5) is 21.9. The molecule has 2 N–H and O–H groups in total. The van der Waals surface area contributed by atoms with E-state index in [1.807, 2.05) is 18.2 Å². The highest BCUT2D eigenvalue weighted by Gasteiger charge is 2.27. The first kappa shape index (κ1) is 14.6. The van der Waals surface area contributed by atoms with Crippen molar-refractivity contribution in [2.45, 2.75) is 18.5 Å². The fourth-order valence-corrected chi connectivity index (χ4v) is 2.66. The van der Waals surface area contributed by atoms with Gasteiger partial charge in [0.15, 0.2) is 0 Å². The van der Waals surface area contributed by atoms with Crippen molar-refractivity contribution < 1.29 is 4.79 Å². The fraction of sp³-hybridized carbons (Fsp3) is 0.312. The molecular weight excluding hydrogens is 278 g/mol. The standard InChI is InChI=1S/C16H19N5O/c1-21(16(22)15-10-17-7-8-18-15)11-13-9-14(20-19-13)12-5-3-2-4-6-12/h2-8,10,13-14,19-20H,9,11H2,1H3. The summed E-state index contributed by atoms with van der Waals surface area (Å²) in [6.45, 7) is 0.617. The molecule has 0 bridgehead atoms. The zero-order chi connectivity index (χ0) is 15.4. The molecule has 1 fully saturated rings.